The molecule has 1 aromatic heterocycles. The number of pyridine rings is 1. The van der Waals surface area contributed by atoms with Crippen LogP contribution in [0, 0.1) is 0 Å². The number of carbonyl (C=O) groups is 1. The van der Waals surface area contributed by atoms with E-state index in [1.54, 1.807) is 6.07 Å². The van der Waals surface area contributed by atoms with Gasteiger partial charge in [-0.15, -0.1) is 0 Å². The fourth-order valence-corrected chi connectivity index (χ4v) is 1.16. The van der Waals surface area contributed by atoms with Crippen LogP contribution in [0.25, 0.3) is 0 Å². The van der Waals surface area contributed by atoms with E-state index in [1.807, 2.05) is 0 Å². The zero-order valence-electron chi connectivity index (χ0n) is 9.89. The second-order valence-electron chi connectivity index (χ2n) is 3.50. The molecule has 0 aliphatic carbocycles. The second kappa shape index (κ2) is 7.62. The number of carboxylic acids is 1. The predicted molar refractivity (Wildman–Crippen MR) is 62.4 cm³/mol. The number of ether oxygens (including phenoxy) is 2. The van der Waals surface area contributed by atoms with Crippen LogP contribution in [0.4, 0.5) is 0 Å². The van der Waals surface area contributed by atoms with Crippen molar-refractivity contribution in [3.63, 3.8) is 0 Å². The fraction of sp³-hybridized carbons (Fsp3) is 0.500. The Hall–Kier alpha value is -1.62. The van der Waals surface area contributed by atoms with Crippen LogP contribution < -0.4 is 4.74 Å². The number of aromatic nitrogens is 1. The standard InChI is InChI=1S/C12H17NO4/c1-2-3-6-16-7-8-17-10-4-5-11(12(14)15)13-9-10/h4-5,9H,2-3,6-8H2,1H3,(H,14,15). The topological polar surface area (TPSA) is 68.7 Å². The van der Waals surface area contributed by atoms with Gasteiger partial charge in [-0.1, -0.05) is 13.3 Å². The van der Waals surface area contributed by atoms with Crippen molar-refractivity contribution in [1.29, 1.82) is 0 Å². The first-order chi connectivity index (χ1) is 8.24. The van der Waals surface area contributed by atoms with E-state index in [1.165, 1.54) is 12.3 Å². The molecule has 5 nitrogen and oxygen atoms in total. The van der Waals surface area contributed by atoms with Crippen molar-refractivity contribution in [3.8, 4) is 5.75 Å². The molecule has 0 atom stereocenters. The molecule has 0 radical (unpaired) electrons. The van der Waals surface area contributed by atoms with Gasteiger partial charge in [0.25, 0.3) is 0 Å². The predicted octanol–water partition coefficient (Wildman–Crippen LogP) is 1.98. The zero-order chi connectivity index (χ0) is 12.5. The molecule has 0 aliphatic rings. The van der Waals surface area contributed by atoms with Crippen LogP contribution in [-0.4, -0.2) is 35.9 Å². The van der Waals surface area contributed by atoms with E-state index < -0.39 is 5.97 Å². The van der Waals surface area contributed by atoms with E-state index in [2.05, 4.69) is 11.9 Å². The first-order valence-corrected chi connectivity index (χ1v) is 5.64. The smallest absolute Gasteiger partial charge is 0.354 e. The third-order valence-electron chi connectivity index (χ3n) is 2.09. The minimum Gasteiger partial charge on any atom is -0.490 e. The van der Waals surface area contributed by atoms with Crippen molar-refractivity contribution in [1.82, 2.24) is 4.98 Å². The summed E-state index contributed by atoms with van der Waals surface area (Å²) in [4.78, 5) is 14.3. The molecule has 0 saturated carbocycles. The first kappa shape index (κ1) is 13.4. The van der Waals surface area contributed by atoms with E-state index in [0.717, 1.165) is 19.4 Å². The van der Waals surface area contributed by atoms with Crippen molar-refractivity contribution in [2.24, 2.45) is 0 Å². The van der Waals surface area contributed by atoms with Crippen molar-refractivity contribution >= 4 is 5.97 Å². The Kier molecular flexibility index (Phi) is 6.03. The van der Waals surface area contributed by atoms with Crippen LogP contribution in [0.3, 0.4) is 0 Å². The van der Waals surface area contributed by atoms with Gasteiger partial charge in [0.15, 0.2) is 0 Å². The van der Waals surface area contributed by atoms with Crippen LogP contribution in [0.5, 0.6) is 5.75 Å². The maximum Gasteiger partial charge on any atom is 0.354 e. The van der Waals surface area contributed by atoms with Crippen molar-refractivity contribution < 1.29 is 19.4 Å². The molecule has 1 rings (SSSR count). The molecule has 0 unspecified atom stereocenters. The Bertz CT molecular complexity index is 337. The first-order valence-electron chi connectivity index (χ1n) is 5.64. The van der Waals surface area contributed by atoms with Gasteiger partial charge in [-0.05, 0) is 18.6 Å². The summed E-state index contributed by atoms with van der Waals surface area (Å²) in [6.07, 6.45) is 3.56. The number of unbranched alkanes of at least 4 members (excludes halogenated alkanes) is 1. The number of aromatic carboxylic acids is 1. The lowest BCUT2D eigenvalue weighted by Gasteiger charge is -2.06. The molecule has 0 aromatic carbocycles. The van der Waals surface area contributed by atoms with Gasteiger partial charge in [0.1, 0.15) is 18.1 Å². The Labute approximate surface area is 100 Å². The van der Waals surface area contributed by atoms with Crippen LogP contribution in [0.15, 0.2) is 18.3 Å². The average molecular weight is 239 g/mol. The summed E-state index contributed by atoms with van der Waals surface area (Å²) in [5.74, 6) is -0.492. The number of hydrogen-bond donors (Lipinski definition) is 1. The molecule has 5 heteroatoms. The number of nitrogens with zero attached hydrogens (tertiary/aromatic N) is 1. The largest absolute Gasteiger partial charge is 0.490 e. The van der Waals surface area contributed by atoms with E-state index in [0.29, 0.717) is 19.0 Å². The molecule has 94 valence electrons. The van der Waals surface area contributed by atoms with E-state index in [9.17, 15) is 4.79 Å². The molecule has 1 aromatic rings. The van der Waals surface area contributed by atoms with E-state index in [-0.39, 0.29) is 5.69 Å². The molecular weight excluding hydrogens is 222 g/mol. The van der Waals surface area contributed by atoms with Crippen LogP contribution in [0.2, 0.25) is 0 Å². The van der Waals surface area contributed by atoms with Gasteiger partial charge in [-0.3, -0.25) is 0 Å². The van der Waals surface area contributed by atoms with Gasteiger partial charge in [0.05, 0.1) is 12.8 Å². The Balaban J connectivity index is 2.21. The van der Waals surface area contributed by atoms with Crippen LogP contribution in [-0.2, 0) is 4.74 Å². The molecule has 0 fully saturated rings. The van der Waals surface area contributed by atoms with Crippen molar-refractivity contribution in [2.75, 3.05) is 19.8 Å². The van der Waals surface area contributed by atoms with Gasteiger partial charge in [0.2, 0.25) is 0 Å². The third kappa shape index (κ3) is 5.31. The maximum atomic E-state index is 10.5. The molecular formula is C12H17NO4. The lowest BCUT2D eigenvalue weighted by Crippen LogP contribution is -2.08. The molecule has 17 heavy (non-hydrogen) atoms. The highest BCUT2D eigenvalue weighted by molar-refractivity contribution is 5.85. The van der Waals surface area contributed by atoms with Crippen LogP contribution in [0.1, 0.15) is 30.3 Å². The lowest BCUT2D eigenvalue weighted by molar-refractivity contribution is 0.0690. The minimum atomic E-state index is -1.04. The van der Waals surface area contributed by atoms with Gasteiger partial charge < -0.3 is 14.6 Å². The van der Waals surface area contributed by atoms with E-state index in [4.69, 9.17) is 14.6 Å². The molecule has 1 N–H and O–H groups in total. The number of rotatable bonds is 8. The molecule has 0 aliphatic heterocycles. The maximum absolute atomic E-state index is 10.5. The minimum absolute atomic E-state index is 0.0107. The Morgan fingerprint density at radius 1 is 1.35 bits per heavy atom. The average Bonchev–Trinajstić information content (AvgIpc) is 2.34. The highest BCUT2D eigenvalue weighted by Crippen LogP contribution is 2.08. The SMILES string of the molecule is CCCCOCCOc1ccc(C(=O)O)nc1. The molecule has 1 heterocycles. The quantitative estimate of drug-likeness (QED) is 0.702. The van der Waals surface area contributed by atoms with Gasteiger partial charge in [-0.25, -0.2) is 9.78 Å². The summed E-state index contributed by atoms with van der Waals surface area (Å²) in [5.41, 5.74) is 0.0107. The summed E-state index contributed by atoms with van der Waals surface area (Å²) in [5, 5.41) is 8.65. The summed E-state index contributed by atoms with van der Waals surface area (Å²) in [6, 6.07) is 3.00. The van der Waals surface area contributed by atoms with Gasteiger partial charge >= 0.3 is 5.97 Å². The summed E-state index contributed by atoms with van der Waals surface area (Å²) < 4.78 is 10.7. The molecule has 0 spiro atoms. The zero-order valence-corrected chi connectivity index (χ0v) is 9.89. The molecule has 0 saturated heterocycles. The van der Waals surface area contributed by atoms with Crippen molar-refractivity contribution in [3.05, 3.63) is 24.0 Å². The lowest BCUT2D eigenvalue weighted by atomic mass is 10.3. The van der Waals surface area contributed by atoms with Crippen LogP contribution >= 0.6 is 0 Å². The monoisotopic (exact) mass is 239 g/mol. The Morgan fingerprint density at radius 2 is 2.18 bits per heavy atom. The summed E-state index contributed by atoms with van der Waals surface area (Å²) >= 11 is 0. The Morgan fingerprint density at radius 3 is 2.76 bits per heavy atom. The summed E-state index contributed by atoms with van der Waals surface area (Å²) in [7, 11) is 0. The van der Waals surface area contributed by atoms with Crippen molar-refractivity contribution in [2.45, 2.75) is 19.8 Å². The highest BCUT2D eigenvalue weighted by Gasteiger charge is 2.03. The van der Waals surface area contributed by atoms with Gasteiger partial charge in [0, 0.05) is 6.61 Å². The number of carboxylic acid groups (broad SMARTS) is 1. The highest BCUT2D eigenvalue weighted by atomic mass is 16.5. The van der Waals surface area contributed by atoms with E-state index >= 15 is 0 Å². The summed E-state index contributed by atoms with van der Waals surface area (Å²) in [6.45, 7) is 3.82. The number of hydrogen-bond acceptors (Lipinski definition) is 4. The fourth-order valence-electron chi connectivity index (χ4n) is 1.16. The molecule has 0 amide bonds. The normalized spacial score (nSPS) is 10.2. The second-order valence-corrected chi connectivity index (χ2v) is 3.50. The third-order valence-corrected chi connectivity index (χ3v) is 2.09. The van der Waals surface area contributed by atoms with Gasteiger partial charge in [-0.2, -0.15) is 0 Å². The molecule has 0 bridgehead atoms.